The normalized spacial score (nSPS) is 24.1. The summed E-state index contributed by atoms with van der Waals surface area (Å²) < 4.78 is 50.4. The van der Waals surface area contributed by atoms with E-state index >= 15 is 0 Å². The van der Waals surface area contributed by atoms with Crippen LogP contribution in [0.4, 0.5) is 5.82 Å². The molecular formula is C17H29CoN3O10P2. The molecule has 33 heavy (non-hydrogen) atoms. The first kappa shape index (κ1) is 30.4. The molecule has 1 saturated heterocycles. The van der Waals surface area contributed by atoms with E-state index in [9.17, 15) is 23.7 Å². The first-order valence-corrected chi connectivity index (χ1v) is 13.2. The number of nitrogen functional groups attached to an aromatic ring is 1. The number of nitrogens with two attached hydrogens (primary N) is 1. The van der Waals surface area contributed by atoms with Gasteiger partial charge in [-0.05, 0) is 18.9 Å². The molecule has 0 saturated carbocycles. The summed E-state index contributed by atoms with van der Waals surface area (Å²) in [5.41, 5.74) is 4.76. The second kappa shape index (κ2) is 14.1. The van der Waals surface area contributed by atoms with Crippen LogP contribution in [0, 0.1) is 0 Å². The fourth-order valence-electron chi connectivity index (χ4n) is 2.82. The smallest absolute Gasteiger partial charge is 0.756 e. The van der Waals surface area contributed by atoms with E-state index in [1.165, 1.54) is 12.3 Å². The monoisotopic (exact) mass is 556 g/mol. The number of phosphoric ester groups is 2. The number of rotatable bonds is 14. The minimum Gasteiger partial charge on any atom is -0.756 e. The van der Waals surface area contributed by atoms with Gasteiger partial charge in [0.2, 0.25) is 0 Å². The molecule has 16 heteroatoms. The van der Waals surface area contributed by atoms with Crippen LogP contribution in [0.1, 0.15) is 52.2 Å². The third-order valence-corrected chi connectivity index (χ3v) is 6.49. The number of hydrogen-bond acceptors (Lipinski definition) is 12. The zero-order valence-corrected chi connectivity index (χ0v) is 21.2. The van der Waals surface area contributed by atoms with Gasteiger partial charge in [-0.1, -0.05) is 26.7 Å². The predicted molar refractivity (Wildman–Crippen MR) is 109 cm³/mol. The average molecular weight is 556 g/mol. The van der Waals surface area contributed by atoms with Crippen molar-refractivity contribution in [1.82, 2.24) is 9.55 Å². The Morgan fingerprint density at radius 3 is 2.33 bits per heavy atom. The minimum absolute atomic E-state index is 0. The topological polar surface area (TPSA) is 187 Å². The van der Waals surface area contributed by atoms with Crippen molar-refractivity contribution in [1.29, 1.82) is 0 Å². The van der Waals surface area contributed by atoms with Crippen molar-refractivity contribution in [2.75, 3.05) is 25.6 Å². The minimum atomic E-state index is -4.72. The van der Waals surface area contributed by atoms with Gasteiger partial charge in [0.05, 0.1) is 25.9 Å². The summed E-state index contributed by atoms with van der Waals surface area (Å²) in [5.74, 6) is 0.00170. The van der Waals surface area contributed by atoms with Gasteiger partial charge in [0.25, 0.3) is 15.6 Å². The maximum absolute atomic E-state index is 12.2. The molecule has 1 aliphatic rings. The van der Waals surface area contributed by atoms with Crippen LogP contribution >= 0.6 is 15.6 Å². The third kappa shape index (κ3) is 10.3. The van der Waals surface area contributed by atoms with E-state index in [-0.39, 0.29) is 42.2 Å². The Morgan fingerprint density at radius 1 is 1.15 bits per heavy atom. The van der Waals surface area contributed by atoms with Crippen LogP contribution < -0.4 is 21.2 Å². The average Bonchev–Trinajstić information content (AvgIpc) is 3.08. The molecule has 0 aliphatic carbocycles. The Hall–Kier alpha value is -0.634. The summed E-state index contributed by atoms with van der Waals surface area (Å²) in [5, 5.41) is 0. The SMILES string of the molecule is CCCCOP(=O)([O-])OC[C@H]1O[C@@H](n2ccc(N)nc2=O)C[C@@H]1OP(=O)([O-])OCCCC.[Co+2]. The van der Waals surface area contributed by atoms with Gasteiger partial charge in [-0.2, -0.15) is 4.98 Å². The molecule has 0 aromatic carbocycles. The van der Waals surface area contributed by atoms with Crippen molar-refractivity contribution < 1.29 is 58.5 Å². The fourth-order valence-corrected chi connectivity index (χ4v) is 4.54. The molecule has 1 fully saturated rings. The molecule has 2 rings (SSSR count). The second-order valence-corrected chi connectivity index (χ2v) is 9.89. The largest absolute Gasteiger partial charge is 2.00 e. The summed E-state index contributed by atoms with van der Waals surface area (Å²) in [4.78, 5) is 39.8. The zero-order chi connectivity index (χ0) is 23.8. The van der Waals surface area contributed by atoms with Crippen molar-refractivity contribution in [3.63, 3.8) is 0 Å². The summed E-state index contributed by atoms with van der Waals surface area (Å²) in [6.07, 6.45) is 0.372. The van der Waals surface area contributed by atoms with Gasteiger partial charge in [-0.3, -0.25) is 13.7 Å². The molecule has 0 spiro atoms. The van der Waals surface area contributed by atoms with Gasteiger partial charge in [-0.15, -0.1) is 0 Å². The molecule has 191 valence electrons. The molecule has 2 unspecified atom stereocenters. The summed E-state index contributed by atoms with van der Waals surface area (Å²) >= 11 is 0. The number of aromatic nitrogens is 2. The molecule has 0 amide bonds. The summed E-state index contributed by atoms with van der Waals surface area (Å²) in [6, 6.07) is 1.37. The summed E-state index contributed by atoms with van der Waals surface area (Å²) in [7, 11) is -9.36. The van der Waals surface area contributed by atoms with Crippen molar-refractivity contribution in [3.8, 4) is 0 Å². The Labute approximate surface area is 202 Å². The van der Waals surface area contributed by atoms with Gasteiger partial charge < -0.3 is 38.4 Å². The first-order chi connectivity index (χ1) is 15.1. The second-order valence-electron chi connectivity index (χ2n) is 7.11. The molecule has 1 aliphatic heterocycles. The predicted octanol–water partition coefficient (Wildman–Crippen LogP) is 1.08. The van der Waals surface area contributed by atoms with Crippen LogP contribution in [0.15, 0.2) is 17.1 Å². The Bertz CT molecular complexity index is 889. The number of ether oxygens (including phenoxy) is 1. The van der Waals surface area contributed by atoms with Crippen LogP contribution in [0.2, 0.25) is 0 Å². The number of anilines is 1. The van der Waals surface area contributed by atoms with E-state index < -0.39 is 46.4 Å². The van der Waals surface area contributed by atoms with Crippen molar-refractivity contribution in [2.45, 2.75) is 64.4 Å². The Morgan fingerprint density at radius 2 is 1.76 bits per heavy atom. The van der Waals surface area contributed by atoms with Crippen molar-refractivity contribution in [3.05, 3.63) is 22.7 Å². The molecular weight excluding hydrogens is 527 g/mol. The van der Waals surface area contributed by atoms with Crippen LogP contribution in [-0.2, 0) is 48.7 Å². The van der Waals surface area contributed by atoms with E-state index in [2.05, 4.69) is 4.98 Å². The van der Waals surface area contributed by atoms with E-state index in [1.54, 1.807) is 0 Å². The van der Waals surface area contributed by atoms with E-state index in [4.69, 9.17) is 28.6 Å². The molecule has 2 N–H and O–H groups in total. The molecule has 1 aromatic rings. The molecule has 2 heterocycles. The van der Waals surface area contributed by atoms with Crippen LogP contribution in [0.5, 0.6) is 0 Å². The number of unbranched alkanes of at least 4 members (excludes halogenated alkanes) is 2. The van der Waals surface area contributed by atoms with E-state index in [1.807, 2.05) is 13.8 Å². The van der Waals surface area contributed by atoms with Crippen LogP contribution in [-0.4, -0.2) is 41.6 Å². The maximum atomic E-state index is 12.2. The Kier molecular flexibility index (Phi) is 12.9. The van der Waals surface area contributed by atoms with Gasteiger partial charge in [0.15, 0.2) is 0 Å². The molecule has 5 atom stereocenters. The van der Waals surface area contributed by atoms with Crippen molar-refractivity contribution in [2.24, 2.45) is 0 Å². The van der Waals surface area contributed by atoms with Gasteiger partial charge in [0, 0.05) is 12.6 Å². The van der Waals surface area contributed by atoms with Gasteiger partial charge in [0.1, 0.15) is 18.1 Å². The van der Waals surface area contributed by atoms with Crippen LogP contribution in [0.25, 0.3) is 0 Å². The van der Waals surface area contributed by atoms with Gasteiger partial charge in [-0.25, -0.2) is 4.79 Å². The molecule has 13 nitrogen and oxygen atoms in total. The van der Waals surface area contributed by atoms with Crippen LogP contribution in [0.3, 0.4) is 0 Å². The fraction of sp³-hybridized carbons (Fsp3) is 0.765. The molecule has 0 bridgehead atoms. The number of hydrogen-bond donors (Lipinski definition) is 1. The van der Waals surface area contributed by atoms with E-state index in [0.717, 1.165) is 17.4 Å². The molecule has 1 radical (unpaired) electrons. The summed E-state index contributed by atoms with van der Waals surface area (Å²) in [6.45, 7) is 3.05. The molecule has 1 aromatic heterocycles. The first-order valence-electron chi connectivity index (χ1n) is 10.3. The standard InChI is InChI=1S/C17H31N3O10P2.Co/c1-3-5-9-26-31(22,23)28-12-14-13(30-32(24,25)27-10-6-4-2)11-16(29-14)20-8-7-15(18)19-17(20)21;/h7-8,13-14,16H,3-6,9-12H2,1-2H3,(H,22,23)(H,24,25)(H2,18,19,21);/q;+2/p-2/t13-,14+,16+;/m0./s1. The number of nitrogens with zero attached hydrogens (tertiary/aromatic N) is 2. The quantitative estimate of drug-likeness (QED) is 0.254. The van der Waals surface area contributed by atoms with Crippen molar-refractivity contribution >= 4 is 21.5 Å². The van der Waals surface area contributed by atoms with E-state index in [0.29, 0.717) is 12.8 Å². The third-order valence-electron chi connectivity index (χ3n) is 4.50. The zero-order valence-electron chi connectivity index (χ0n) is 18.3. The van der Waals surface area contributed by atoms with Gasteiger partial charge >= 0.3 is 22.5 Å². The maximum Gasteiger partial charge on any atom is 2.00 e. The number of phosphoric acid groups is 2. The Balaban J connectivity index is 0.00000544.